The van der Waals surface area contributed by atoms with Gasteiger partial charge < -0.3 is 4.57 Å². The van der Waals surface area contributed by atoms with Crippen LogP contribution < -0.4 is 0 Å². The Hall–Kier alpha value is -1.69. The second-order valence-electron chi connectivity index (χ2n) is 4.53. The van der Waals surface area contributed by atoms with Gasteiger partial charge in [0.1, 0.15) is 0 Å². The number of alkyl halides is 3. The van der Waals surface area contributed by atoms with Gasteiger partial charge in [0, 0.05) is 23.2 Å². The average Bonchev–Trinajstić information content (AvgIpc) is 2.78. The van der Waals surface area contributed by atoms with Crippen molar-refractivity contribution in [3.8, 4) is 0 Å². The minimum Gasteiger partial charge on any atom is -0.344 e. The van der Waals surface area contributed by atoms with Crippen LogP contribution in [0.4, 0.5) is 13.2 Å². The standard InChI is InChI=1S/C14H10F3NOS/c15-14(16,17)20-10-4-3-9-5-7-18-6-1-2-12(18)13(19)11(9)8-10/h1-4,6,8H,5,7H2. The summed E-state index contributed by atoms with van der Waals surface area (Å²) < 4.78 is 39.1. The number of ketones is 1. The zero-order valence-electron chi connectivity index (χ0n) is 10.3. The molecule has 2 nitrogen and oxygen atoms in total. The summed E-state index contributed by atoms with van der Waals surface area (Å²) in [7, 11) is 0. The van der Waals surface area contributed by atoms with Gasteiger partial charge in [0.2, 0.25) is 5.78 Å². The normalized spacial score (nSPS) is 14.7. The first-order valence-corrected chi connectivity index (χ1v) is 6.84. The summed E-state index contributed by atoms with van der Waals surface area (Å²) in [5, 5.41) is 0. The van der Waals surface area contributed by atoms with Gasteiger partial charge in [-0.2, -0.15) is 13.2 Å². The number of hydrogen-bond donors (Lipinski definition) is 0. The Morgan fingerprint density at radius 2 is 2.00 bits per heavy atom. The van der Waals surface area contributed by atoms with Crippen LogP contribution in [0.15, 0.2) is 41.4 Å². The molecule has 0 unspecified atom stereocenters. The van der Waals surface area contributed by atoms with E-state index in [9.17, 15) is 18.0 Å². The lowest BCUT2D eigenvalue weighted by atomic mass is 10.0. The van der Waals surface area contributed by atoms with Crippen LogP contribution in [0.25, 0.3) is 0 Å². The number of carbonyl (C=O) groups is 1. The maximum absolute atomic E-state index is 12.4. The van der Waals surface area contributed by atoms with E-state index < -0.39 is 5.51 Å². The van der Waals surface area contributed by atoms with Crippen LogP contribution in [-0.2, 0) is 13.0 Å². The number of nitrogens with zero attached hydrogens (tertiary/aromatic N) is 1. The molecule has 0 amide bonds. The summed E-state index contributed by atoms with van der Waals surface area (Å²) in [5.74, 6) is -0.216. The molecule has 0 atom stereocenters. The van der Waals surface area contributed by atoms with E-state index in [2.05, 4.69) is 0 Å². The lowest BCUT2D eigenvalue weighted by Gasteiger charge is -2.09. The van der Waals surface area contributed by atoms with Crippen molar-refractivity contribution >= 4 is 17.5 Å². The number of rotatable bonds is 1. The van der Waals surface area contributed by atoms with Crippen LogP contribution in [0, 0.1) is 0 Å². The van der Waals surface area contributed by atoms with Gasteiger partial charge in [-0.1, -0.05) is 6.07 Å². The highest BCUT2D eigenvalue weighted by molar-refractivity contribution is 8.00. The fourth-order valence-corrected chi connectivity index (χ4v) is 2.96. The van der Waals surface area contributed by atoms with Gasteiger partial charge in [-0.25, -0.2) is 0 Å². The number of benzene rings is 1. The summed E-state index contributed by atoms with van der Waals surface area (Å²) in [5.41, 5.74) is -2.65. The molecule has 0 N–H and O–H groups in total. The van der Waals surface area contributed by atoms with E-state index in [-0.39, 0.29) is 22.4 Å². The van der Waals surface area contributed by atoms with E-state index in [4.69, 9.17) is 0 Å². The van der Waals surface area contributed by atoms with Gasteiger partial charge in [-0.05, 0) is 48.0 Å². The van der Waals surface area contributed by atoms with Gasteiger partial charge in [0.05, 0.1) is 5.69 Å². The van der Waals surface area contributed by atoms with Crippen molar-refractivity contribution in [3.05, 3.63) is 53.3 Å². The molecule has 6 heteroatoms. The molecule has 0 saturated heterocycles. The summed E-state index contributed by atoms with van der Waals surface area (Å²) >= 11 is -0.193. The SMILES string of the molecule is O=C1c2cc(SC(F)(F)F)ccc2CCn2cccc21. The van der Waals surface area contributed by atoms with Crippen molar-refractivity contribution < 1.29 is 18.0 Å². The van der Waals surface area contributed by atoms with Crippen molar-refractivity contribution in [2.45, 2.75) is 23.4 Å². The molecule has 2 aromatic rings. The third-order valence-corrected chi connectivity index (χ3v) is 3.96. The Kier molecular flexibility index (Phi) is 3.12. The van der Waals surface area contributed by atoms with E-state index >= 15 is 0 Å². The molecule has 1 aliphatic rings. The smallest absolute Gasteiger partial charge is 0.344 e. The van der Waals surface area contributed by atoms with Crippen LogP contribution in [0.3, 0.4) is 0 Å². The highest BCUT2D eigenvalue weighted by Gasteiger charge is 2.30. The van der Waals surface area contributed by atoms with E-state index in [0.29, 0.717) is 24.2 Å². The minimum absolute atomic E-state index is 0.0459. The molecule has 0 spiro atoms. The molecule has 1 aromatic heterocycles. The highest BCUT2D eigenvalue weighted by Crippen LogP contribution is 2.38. The maximum atomic E-state index is 12.4. The van der Waals surface area contributed by atoms with E-state index in [1.54, 1.807) is 18.2 Å². The van der Waals surface area contributed by atoms with Crippen molar-refractivity contribution in [1.82, 2.24) is 4.57 Å². The van der Waals surface area contributed by atoms with Crippen LogP contribution >= 0.6 is 11.8 Å². The predicted molar refractivity (Wildman–Crippen MR) is 69.9 cm³/mol. The topological polar surface area (TPSA) is 22.0 Å². The minimum atomic E-state index is -4.35. The number of halogens is 3. The molecule has 0 saturated carbocycles. The Bertz CT molecular complexity index is 675. The third kappa shape index (κ3) is 2.47. The fourth-order valence-electron chi connectivity index (χ4n) is 2.38. The third-order valence-electron chi connectivity index (χ3n) is 3.24. The zero-order chi connectivity index (χ0) is 14.3. The number of aryl methyl sites for hydroxylation is 2. The first-order valence-electron chi connectivity index (χ1n) is 6.02. The van der Waals surface area contributed by atoms with Crippen LogP contribution in [0.1, 0.15) is 21.6 Å². The quantitative estimate of drug-likeness (QED) is 0.745. The first kappa shape index (κ1) is 13.3. The summed E-state index contributed by atoms with van der Waals surface area (Å²) in [6.45, 7) is 0.660. The molecule has 1 aromatic carbocycles. The van der Waals surface area contributed by atoms with Crippen LogP contribution in [0.5, 0.6) is 0 Å². The van der Waals surface area contributed by atoms with E-state index in [1.807, 2.05) is 10.8 Å². The van der Waals surface area contributed by atoms with Crippen molar-refractivity contribution in [3.63, 3.8) is 0 Å². The Morgan fingerprint density at radius 1 is 1.20 bits per heavy atom. The molecule has 0 radical (unpaired) electrons. The van der Waals surface area contributed by atoms with Gasteiger partial charge in [-0.15, -0.1) is 0 Å². The van der Waals surface area contributed by atoms with Crippen LogP contribution in [-0.4, -0.2) is 15.9 Å². The largest absolute Gasteiger partial charge is 0.446 e. The molecule has 0 bridgehead atoms. The first-order chi connectivity index (χ1) is 9.44. The van der Waals surface area contributed by atoms with Gasteiger partial charge >= 0.3 is 5.51 Å². The van der Waals surface area contributed by atoms with Crippen molar-refractivity contribution in [1.29, 1.82) is 0 Å². The van der Waals surface area contributed by atoms with Crippen molar-refractivity contribution in [2.75, 3.05) is 0 Å². The Morgan fingerprint density at radius 3 is 2.75 bits per heavy atom. The number of carbonyl (C=O) groups excluding carboxylic acids is 1. The van der Waals surface area contributed by atoms with Crippen LogP contribution in [0.2, 0.25) is 0 Å². The maximum Gasteiger partial charge on any atom is 0.446 e. The number of aromatic nitrogens is 1. The Balaban J connectivity index is 2.03. The number of hydrogen-bond acceptors (Lipinski definition) is 2. The second kappa shape index (κ2) is 4.70. The number of thioether (sulfide) groups is 1. The molecular formula is C14H10F3NOS. The lowest BCUT2D eigenvalue weighted by Crippen LogP contribution is -2.07. The van der Waals surface area contributed by atoms with E-state index in [0.717, 1.165) is 5.56 Å². The van der Waals surface area contributed by atoms with Gasteiger partial charge in [0.15, 0.2) is 0 Å². The average molecular weight is 297 g/mol. The molecule has 20 heavy (non-hydrogen) atoms. The molecule has 1 aliphatic heterocycles. The summed E-state index contributed by atoms with van der Waals surface area (Å²) in [6.07, 6.45) is 2.45. The zero-order valence-corrected chi connectivity index (χ0v) is 11.1. The predicted octanol–water partition coefficient (Wildman–Crippen LogP) is 3.89. The highest BCUT2D eigenvalue weighted by atomic mass is 32.2. The second-order valence-corrected chi connectivity index (χ2v) is 5.67. The number of fused-ring (bicyclic) bond motifs is 2. The molecule has 0 fully saturated rings. The summed E-state index contributed by atoms with van der Waals surface area (Å²) in [6, 6.07) is 7.85. The van der Waals surface area contributed by atoms with Crippen molar-refractivity contribution in [2.24, 2.45) is 0 Å². The molecule has 104 valence electrons. The fraction of sp³-hybridized carbons (Fsp3) is 0.214. The van der Waals surface area contributed by atoms with Gasteiger partial charge in [-0.3, -0.25) is 4.79 Å². The molecular weight excluding hydrogens is 287 g/mol. The van der Waals surface area contributed by atoms with Gasteiger partial charge in [0.25, 0.3) is 0 Å². The summed E-state index contributed by atoms with van der Waals surface area (Å²) in [4.78, 5) is 12.4. The lowest BCUT2D eigenvalue weighted by molar-refractivity contribution is -0.0328. The van der Waals surface area contributed by atoms with E-state index in [1.165, 1.54) is 12.1 Å². The molecule has 2 heterocycles. The Labute approximate surface area is 117 Å². The monoisotopic (exact) mass is 297 g/mol. The molecule has 0 aliphatic carbocycles. The molecule has 3 rings (SSSR count).